The molecule has 0 spiro atoms. The van der Waals surface area contributed by atoms with Gasteiger partial charge in [-0.1, -0.05) is 0 Å². The summed E-state index contributed by atoms with van der Waals surface area (Å²) in [5, 5.41) is 0. The molecule has 0 aromatic heterocycles. The van der Waals surface area contributed by atoms with Crippen LogP contribution in [0.1, 0.15) is 0 Å². The van der Waals surface area contributed by atoms with E-state index in [4.69, 9.17) is 4.79 Å². The molecular weight excluding hydrogens is 122 g/mol. The minimum absolute atomic E-state index is 0. The molecule has 0 saturated heterocycles. The highest BCUT2D eigenvalue weighted by molar-refractivity contribution is 6.92. The zero-order valence-corrected chi connectivity index (χ0v) is 6.20. The summed E-state index contributed by atoms with van der Waals surface area (Å²) in [5.41, 5.74) is 8.50. The standard InChI is InChI=1S/CH4N2O.ClH.H3P/c2-1(3)4;;/h(H4,2,3,4);1H;1H3. The summed E-state index contributed by atoms with van der Waals surface area (Å²) in [7, 11) is 0. The molecule has 2 amide bonds. The molecule has 3 nitrogen and oxygen atoms in total. The van der Waals surface area contributed by atoms with Crippen molar-refractivity contribution in [3.05, 3.63) is 0 Å². The lowest BCUT2D eigenvalue weighted by atomic mass is 11.2. The number of halogens is 1. The van der Waals surface area contributed by atoms with E-state index in [0.29, 0.717) is 0 Å². The van der Waals surface area contributed by atoms with Gasteiger partial charge < -0.3 is 23.9 Å². The molecule has 0 fully saturated rings. The topological polar surface area (TPSA) is 69.1 Å². The number of primary amides is 2. The van der Waals surface area contributed by atoms with E-state index in [1.807, 2.05) is 0 Å². The largest absolute Gasteiger partial charge is 1.00 e. The van der Waals surface area contributed by atoms with Crippen LogP contribution in [0, 0.1) is 0 Å². The fourth-order valence-electron chi connectivity index (χ4n) is 0. The zero-order chi connectivity index (χ0) is 3.58. The van der Waals surface area contributed by atoms with E-state index in [0.717, 1.165) is 0 Å². The number of rotatable bonds is 0. The molecule has 0 aliphatic heterocycles. The molecule has 5 heteroatoms. The summed E-state index contributed by atoms with van der Waals surface area (Å²) < 4.78 is 0. The van der Waals surface area contributed by atoms with E-state index in [1.54, 1.807) is 0 Å². The second kappa shape index (κ2) is 8.89. The summed E-state index contributed by atoms with van der Waals surface area (Å²) >= 11 is 0. The fraction of sp³-hybridized carbons (Fsp3) is 0. The first-order valence-electron chi connectivity index (χ1n) is 0.781. The quantitative estimate of drug-likeness (QED) is 0.321. The maximum atomic E-state index is 9.00. The molecule has 6 heavy (non-hydrogen) atoms. The fourth-order valence-corrected chi connectivity index (χ4v) is 0. The predicted molar refractivity (Wildman–Crippen MR) is 26.3 cm³/mol. The van der Waals surface area contributed by atoms with Gasteiger partial charge in [-0.05, 0) is 9.90 Å². The molecular formula is CH8ClN2OP. The second-order valence-electron chi connectivity index (χ2n) is 0.402. The van der Waals surface area contributed by atoms with Crippen molar-refractivity contribution in [3.63, 3.8) is 0 Å². The number of urea groups is 1. The van der Waals surface area contributed by atoms with Crippen LogP contribution >= 0.6 is 9.90 Å². The van der Waals surface area contributed by atoms with Crippen LogP contribution in [0.2, 0.25) is 0 Å². The molecule has 1 atom stereocenters. The van der Waals surface area contributed by atoms with Gasteiger partial charge >= 0.3 is 6.03 Å². The Kier molecular flexibility index (Phi) is 24.7. The highest BCUT2D eigenvalue weighted by Crippen LogP contribution is 1.25. The third-order valence-corrected chi connectivity index (χ3v) is 0. The van der Waals surface area contributed by atoms with Gasteiger partial charge in [0.2, 0.25) is 0 Å². The predicted octanol–water partition coefficient (Wildman–Crippen LogP) is -4.18. The van der Waals surface area contributed by atoms with Crippen LogP contribution in [0.25, 0.3) is 0 Å². The first-order valence-corrected chi connectivity index (χ1v) is 0.781. The number of hydrogen-bond donors (Lipinski definition) is 2. The Labute approximate surface area is 45.5 Å². The molecule has 0 heterocycles. The lowest BCUT2D eigenvalue weighted by Crippen LogP contribution is -3.00. The Morgan fingerprint density at radius 1 is 1.33 bits per heavy atom. The van der Waals surface area contributed by atoms with Crippen LogP contribution in [0.4, 0.5) is 4.79 Å². The van der Waals surface area contributed by atoms with E-state index in [1.165, 1.54) is 0 Å². The van der Waals surface area contributed by atoms with Gasteiger partial charge in [0, 0.05) is 0 Å². The monoisotopic (exact) mass is 130 g/mol. The highest BCUT2D eigenvalue weighted by Gasteiger charge is 1.60. The molecule has 0 aliphatic rings. The SMILES string of the molecule is NC(N)=O.[Cl-].[PH4+]. The van der Waals surface area contributed by atoms with Crippen LogP contribution in [0.15, 0.2) is 0 Å². The maximum absolute atomic E-state index is 9.00. The summed E-state index contributed by atoms with van der Waals surface area (Å²) in [5.74, 6) is 0. The van der Waals surface area contributed by atoms with Crippen molar-refractivity contribution in [2.75, 3.05) is 0 Å². The number of nitrogens with two attached hydrogens (primary N) is 2. The first-order chi connectivity index (χ1) is 1.73. The van der Waals surface area contributed by atoms with E-state index in [-0.39, 0.29) is 22.3 Å². The van der Waals surface area contributed by atoms with Gasteiger partial charge in [0.1, 0.15) is 0 Å². The Hall–Kier alpha value is -0.0100. The second-order valence-corrected chi connectivity index (χ2v) is 0.402. The molecule has 0 radical (unpaired) electrons. The van der Waals surface area contributed by atoms with Crippen molar-refractivity contribution in [1.82, 2.24) is 0 Å². The number of hydrogen-bond acceptors (Lipinski definition) is 1. The molecule has 0 rings (SSSR count). The molecule has 40 valence electrons. The molecule has 0 aromatic carbocycles. The van der Waals surface area contributed by atoms with E-state index in [9.17, 15) is 0 Å². The summed E-state index contributed by atoms with van der Waals surface area (Å²) in [4.78, 5) is 9.00. The Balaban J connectivity index is -0.0000000450. The van der Waals surface area contributed by atoms with Gasteiger partial charge in [-0.25, -0.2) is 4.79 Å². The number of carbonyl (C=O) groups is 1. The minimum atomic E-state index is -0.833. The molecule has 0 bridgehead atoms. The van der Waals surface area contributed by atoms with Crippen molar-refractivity contribution >= 4 is 15.9 Å². The van der Waals surface area contributed by atoms with E-state index in [2.05, 4.69) is 11.5 Å². The van der Waals surface area contributed by atoms with Crippen molar-refractivity contribution in [2.45, 2.75) is 0 Å². The summed E-state index contributed by atoms with van der Waals surface area (Å²) in [6.07, 6.45) is 0. The van der Waals surface area contributed by atoms with Crippen LogP contribution in [0.5, 0.6) is 0 Å². The van der Waals surface area contributed by atoms with Crippen molar-refractivity contribution in [2.24, 2.45) is 11.5 Å². The average molecular weight is 131 g/mol. The van der Waals surface area contributed by atoms with Crippen molar-refractivity contribution in [3.8, 4) is 0 Å². The zero-order valence-electron chi connectivity index (χ0n) is 3.44. The summed E-state index contributed by atoms with van der Waals surface area (Å²) in [6.45, 7) is 0. The highest BCUT2D eigenvalue weighted by atomic mass is 35.5. The van der Waals surface area contributed by atoms with Crippen LogP contribution in [-0.4, -0.2) is 6.03 Å². The molecule has 1 unspecified atom stereocenters. The van der Waals surface area contributed by atoms with Crippen molar-refractivity contribution in [1.29, 1.82) is 0 Å². The van der Waals surface area contributed by atoms with Crippen LogP contribution in [-0.2, 0) is 0 Å². The number of carbonyl (C=O) groups excluding carboxylic acids is 1. The molecule has 4 N–H and O–H groups in total. The third kappa shape index (κ3) is 357000. The van der Waals surface area contributed by atoms with Gasteiger partial charge in [-0.3, -0.25) is 0 Å². The average Bonchev–Trinajstić information content (AvgIpc) is 0.811. The van der Waals surface area contributed by atoms with Crippen LogP contribution < -0.4 is 23.9 Å². The third-order valence-electron chi connectivity index (χ3n) is 0. The lowest BCUT2D eigenvalue weighted by molar-refractivity contribution is -0.00000461. The van der Waals surface area contributed by atoms with E-state index < -0.39 is 6.03 Å². The Bertz CT molecular complexity index is 36.5. The van der Waals surface area contributed by atoms with E-state index >= 15 is 0 Å². The molecule has 0 saturated carbocycles. The number of amides is 2. The maximum Gasteiger partial charge on any atom is 0.309 e. The smallest absolute Gasteiger partial charge is 0.309 e. The minimum Gasteiger partial charge on any atom is -1.00 e. The van der Waals surface area contributed by atoms with Crippen molar-refractivity contribution < 1.29 is 17.2 Å². The Morgan fingerprint density at radius 3 is 1.33 bits per heavy atom. The first kappa shape index (κ1) is 16.7. The Morgan fingerprint density at radius 2 is 1.33 bits per heavy atom. The lowest BCUT2D eigenvalue weighted by Gasteiger charge is -1.62. The van der Waals surface area contributed by atoms with Gasteiger partial charge in [0.15, 0.2) is 0 Å². The van der Waals surface area contributed by atoms with Gasteiger partial charge in [0.25, 0.3) is 0 Å². The van der Waals surface area contributed by atoms with Gasteiger partial charge in [0.05, 0.1) is 0 Å². The van der Waals surface area contributed by atoms with Gasteiger partial charge in [-0.2, -0.15) is 0 Å². The van der Waals surface area contributed by atoms with Gasteiger partial charge in [-0.15, -0.1) is 0 Å². The molecule has 0 aromatic rings. The van der Waals surface area contributed by atoms with Crippen LogP contribution in [0.3, 0.4) is 0 Å². The molecule has 0 aliphatic carbocycles. The summed E-state index contributed by atoms with van der Waals surface area (Å²) in [6, 6.07) is -0.833. The normalized spacial score (nSPS) is 4.00.